The highest BCUT2D eigenvalue weighted by molar-refractivity contribution is 5.33. The summed E-state index contributed by atoms with van der Waals surface area (Å²) in [5.74, 6) is 1.78. The van der Waals surface area contributed by atoms with Crippen molar-refractivity contribution in [3.8, 4) is 5.75 Å². The van der Waals surface area contributed by atoms with Gasteiger partial charge in [-0.15, -0.1) is 0 Å². The monoisotopic (exact) mass is 234 g/mol. The van der Waals surface area contributed by atoms with E-state index >= 15 is 0 Å². The Bertz CT molecular complexity index is 348. The molecule has 0 unspecified atom stereocenters. The van der Waals surface area contributed by atoms with E-state index in [1.54, 1.807) is 7.11 Å². The molecule has 3 N–H and O–H groups in total. The van der Waals surface area contributed by atoms with Gasteiger partial charge in [-0.25, -0.2) is 0 Å². The van der Waals surface area contributed by atoms with Crippen molar-refractivity contribution in [2.45, 2.75) is 25.3 Å². The SMILES string of the molecule is COc1ccccc1CCNCC1CC(N)C1. The first-order chi connectivity index (χ1) is 8.29. The first-order valence-electron chi connectivity index (χ1n) is 6.37. The van der Waals surface area contributed by atoms with E-state index in [0.717, 1.165) is 31.2 Å². The number of hydrogen-bond acceptors (Lipinski definition) is 3. The second kappa shape index (κ2) is 6.03. The predicted octanol–water partition coefficient (Wildman–Crippen LogP) is 1.56. The van der Waals surface area contributed by atoms with Crippen molar-refractivity contribution < 1.29 is 4.74 Å². The number of methoxy groups -OCH3 is 1. The van der Waals surface area contributed by atoms with Gasteiger partial charge in [0, 0.05) is 6.04 Å². The number of rotatable bonds is 6. The third-order valence-corrected chi connectivity index (χ3v) is 3.47. The van der Waals surface area contributed by atoms with Crippen molar-refractivity contribution in [1.82, 2.24) is 5.32 Å². The molecule has 3 nitrogen and oxygen atoms in total. The number of nitrogens with two attached hydrogens (primary N) is 1. The van der Waals surface area contributed by atoms with E-state index in [-0.39, 0.29) is 0 Å². The first-order valence-corrected chi connectivity index (χ1v) is 6.37. The van der Waals surface area contributed by atoms with Crippen LogP contribution in [0.4, 0.5) is 0 Å². The van der Waals surface area contributed by atoms with Crippen LogP contribution in [0.2, 0.25) is 0 Å². The summed E-state index contributed by atoms with van der Waals surface area (Å²) < 4.78 is 5.33. The fourth-order valence-electron chi connectivity index (χ4n) is 2.39. The topological polar surface area (TPSA) is 47.3 Å². The number of para-hydroxylation sites is 1. The molecule has 0 saturated heterocycles. The molecule has 0 bridgehead atoms. The van der Waals surface area contributed by atoms with Gasteiger partial charge >= 0.3 is 0 Å². The van der Waals surface area contributed by atoms with Gasteiger partial charge in [-0.2, -0.15) is 0 Å². The molecule has 0 aliphatic heterocycles. The fourth-order valence-corrected chi connectivity index (χ4v) is 2.39. The predicted molar refractivity (Wildman–Crippen MR) is 70.3 cm³/mol. The van der Waals surface area contributed by atoms with Crippen LogP contribution in [0.5, 0.6) is 5.75 Å². The summed E-state index contributed by atoms with van der Waals surface area (Å²) in [6.07, 6.45) is 3.38. The van der Waals surface area contributed by atoms with Crippen molar-refractivity contribution in [1.29, 1.82) is 0 Å². The number of ether oxygens (including phenoxy) is 1. The normalized spacial score (nSPS) is 23.2. The zero-order chi connectivity index (χ0) is 12.1. The smallest absolute Gasteiger partial charge is 0.122 e. The molecule has 2 rings (SSSR count). The Morgan fingerprint density at radius 1 is 1.35 bits per heavy atom. The Morgan fingerprint density at radius 3 is 2.82 bits per heavy atom. The largest absolute Gasteiger partial charge is 0.496 e. The number of benzene rings is 1. The van der Waals surface area contributed by atoms with Crippen LogP contribution in [-0.4, -0.2) is 26.2 Å². The maximum atomic E-state index is 5.76. The third kappa shape index (κ3) is 3.45. The van der Waals surface area contributed by atoms with Crippen molar-refractivity contribution in [2.24, 2.45) is 11.7 Å². The first kappa shape index (κ1) is 12.4. The molecular formula is C14H22N2O. The molecule has 0 aromatic heterocycles. The van der Waals surface area contributed by atoms with Crippen LogP contribution in [0.3, 0.4) is 0 Å². The van der Waals surface area contributed by atoms with Gasteiger partial charge in [-0.1, -0.05) is 18.2 Å². The lowest BCUT2D eigenvalue weighted by atomic mass is 9.81. The molecule has 1 aliphatic carbocycles. The molecule has 0 atom stereocenters. The molecule has 0 spiro atoms. The molecule has 0 heterocycles. The lowest BCUT2D eigenvalue weighted by Crippen LogP contribution is -2.41. The van der Waals surface area contributed by atoms with Crippen molar-refractivity contribution in [3.05, 3.63) is 29.8 Å². The molecule has 0 amide bonds. The van der Waals surface area contributed by atoms with Crippen LogP contribution in [0.1, 0.15) is 18.4 Å². The summed E-state index contributed by atoms with van der Waals surface area (Å²) in [4.78, 5) is 0. The number of nitrogens with one attached hydrogen (secondary N) is 1. The maximum absolute atomic E-state index is 5.76. The van der Waals surface area contributed by atoms with E-state index in [4.69, 9.17) is 10.5 Å². The summed E-state index contributed by atoms with van der Waals surface area (Å²) in [5, 5.41) is 3.50. The summed E-state index contributed by atoms with van der Waals surface area (Å²) in [7, 11) is 1.72. The third-order valence-electron chi connectivity index (χ3n) is 3.47. The summed E-state index contributed by atoms with van der Waals surface area (Å²) in [5.41, 5.74) is 7.03. The van der Waals surface area contributed by atoms with E-state index in [1.165, 1.54) is 18.4 Å². The van der Waals surface area contributed by atoms with E-state index in [0.29, 0.717) is 6.04 Å². The van der Waals surface area contributed by atoms with Gasteiger partial charge in [-0.3, -0.25) is 0 Å². The number of hydrogen-bond donors (Lipinski definition) is 2. The van der Waals surface area contributed by atoms with Gasteiger partial charge in [0.25, 0.3) is 0 Å². The minimum atomic E-state index is 0.455. The van der Waals surface area contributed by atoms with Gasteiger partial charge in [0.1, 0.15) is 5.75 Å². The highest BCUT2D eigenvalue weighted by Gasteiger charge is 2.24. The van der Waals surface area contributed by atoms with Crippen molar-refractivity contribution in [3.63, 3.8) is 0 Å². The summed E-state index contributed by atoms with van der Waals surface area (Å²) in [6.45, 7) is 2.11. The minimum Gasteiger partial charge on any atom is -0.496 e. The Balaban J connectivity index is 1.67. The van der Waals surface area contributed by atoms with Crippen LogP contribution in [-0.2, 0) is 6.42 Å². The molecule has 0 radical (unpaired) electrons. The van der Waals surface area contributed by atoms with Crippen LogP contribution < -0.4 is 15.8 Å². The molecule has 1 aromatic rings. The standard InChI is InChI=1S/C14H22N2O/c1-17-14-5-3-2-4-12(14)6-7-16-10-11-8-13(15)9-11/h2-5,11,13,16H,6-10,15H2,1H3. The minimum absolute atomic E-state index is 0.455. The Hall–Kier alpha value is -1.06. The van der Waals surface area contributed by atoms with Crippen LogP contribution >= 0.6 is 0 Å². The highest BCUT2D eigenvalue weighted by Crippen LogP contribution is 2.24. The molecule has 94 valence electrons. The second-order valence-electron chi connectivity index (χ2n) is 4.86. The van der Waals surface area contributed by atoms with Gasteiger partial charge in [0.2, 0.25) is 0 Å². The Kier molecular flexibility index (Phi) is 4.40. The summed E-state index contributed by atoms with van der Waals surface area (Å²) >= 11 is 0. The van der Waals surface area contributed by atoms with Crippen LogP contribution in [0.15, 0.2) is 24.3 Å². The van der Waals surface area contributed by atoms with Crippen molar-refractivity contribution in [2.75, 3.05) is 20.2 Å². The van der Waals surface area contributed by atoms with E-state index in [2.05, 4.69) is 17.4 Å². The van der Waals surface area contributed by atoms with Gasteiger partial charge in [-0.05, 0) is 49.9 Å². The van der Waals surface area contributed by atoms with Crippen LogP contribution in [0, 0.1) is 5.92 Å². The molecule has 3 heteroatoms. The van der Waals surface area contributed by atoms with E-state index < -0.39 is 0 Å². The van der Waals surface area contributed by atoms with Gasteiger partial charge in [0.15, 0.2) is 0 Å². The van der Waals surface area contributed by atoms with Gasteiger partial charge < -0.3 is 15.8 Å². The van der Waals surface area contributed by atoms with Crippen molar-refractivity contribution >= 4 is 0 Å². The molecule has 1 fully saturated rings. The molecule has 1 aliphatic rings. The van der Waals surface area contributed by atoms with Gasteiger partial charge in [0.05, 0.1) is 7.11 Å². The maximum Gasteiger partial charge on any atom is 0.122 e. The molecule has 17 heavy (non-hydrogen) atoms. The molecule has 1 aromatic carbocycles. The van der Waals surface area contributed by atoms with E-state index in [9.17, 15) is 0 Å². The quantitative estimate of drug-likeness (QED) is 0.734. The van der Waals surface area contributed by atoms with E-state index in [1.807, 2.05) is 12.1 Å². The summed E-state index contributed by atoms with van der Waals surface area (Å²) in [6, 6.07) is 8.66. The molecular weight excluding hydrogens is 212 g/mol. The Labute approximate surface area is 103 Å². The average Bonchev–Trinajstić information content (AvgIpc) is 2.32. The van der Waals surface area contributed by atoms with Crippen LogP contribution in [0.25, 0.3) is 0 Å². The Morgan fingerprint density at radius 2 is 2.12 bits per heavy atom. The zero-order valence-corrected chi connectivity index (χ0v) is 10.5. The second-order valence-corrected chi connectivity index (χ2v) is 4.86. The molecule has 1 saturated carbocycles. The zero-order valence-electron chi connectivity index (χ0n) is 10.5. The average molecular weight is 234 g/mol. The highest BCUT2D eigenvalue weighted by atomic mass is 16.5. The lowest BCUT2D eigenvalue weighted by molar-refractivity contribution is 0.257. The fraction of sp³-hybridized carbons (Fsp3) is 0.571. The lowest BCUT2D eigenvalue weighted by Gasteiger charge is -2.32.